The van der Waals surface area contributed by atoms with Crippen molar-refractivity contribution in [3.63, 3.8) is 0 Å². The molecule has 1 aliphatic heterocycles. The maximum Gasteiger partial charge on any atom is 0.204 e. The van der Waals surface area contributed by atoms with E-state index in [4.69, 9.17) is 13.9 Å². The molecule has 6 nitrogen and oxygen atoms in total. The number of allylic oxidation sites excluding steroid dienone is 2. The van der Waals surface area contributed by atoms with Crippen LogP contribution in [-0.2, 0) is 12.8 Å². The summed E-state index contributed by atoms with van der Waals surface area (Å²) >= 11 is 0. The lowest BCUT2D eigenvalue weighted by Gasteiger charge is -2.33. The number of phenolic OH excluding ortho intramolecular Hbond substituents is 2. The van der Waals surface area contributed by atoms with Crippen molar-refractivity contribution in [2.45, 2.75) is 52.6 Å². The molecule has 3 aromatic rings. The molecule has 0 amide bonds. The maximum atomic E-state index is 13.5. The number of fused-ring (bicyclic) bond motifs is 3. The highest BCUT2D eigenvalue weighted by Gasteiger charge is 2.31. The number of phenols is 2. The quantitative estimate of drug-likeness (QED) is 0.468. The fourth-order valence-corrected chi connectivity index (χ4v) is 4.05. The largest absolute Gasteiger partial charge is 0.507 e. The number of methoxy groups -OCH3 is 1. The molecule has 0 spiro atoms. The molecule has 1 aromatic heterocycles. The average Bonchev–Trinajstić information content (AvgIpc) is 2.64. The maximum absolute atomic E-state index is 13.5. The van der Waals surface area contributed by atoms with Crippen LogP contribution < -0.4 is 14.9 Å². The zero-order valence-electron chi connectivity index (χ0n) is 17.9. The summed E-state index contributed by atoms with van der Waals surface area (Å²) in [5.74, 6) is 0.536. The third kappa shape index (κ3) is 3.16. The molecule has 0 atom stereocenters. The lowest BCUT2D eigenvalue weighted by atomic mass is 9.92. The van der Waals surface area contributed by atoms with Gasteiger partial charge in [-0.2, -0.15) is 0 Å². The summed E-state index contributed by atoms with van der Waals surface area (Å²) in [6, 6.07) is 3.03. The Labute approximate surface area is 174 Å². The number of benzene rings is 2. The highest BCUT2D eigenvalue weighted by atomic mass is 16.5. The van der Waals surface area contributed by atoms with Gasteiger partial charge in [-0.15, -0.1) is 0 Å². The zero-order valence-corrected chi connectivity index (χ0v) is 17.9. The zero-order chi connectivity index (χ0) is 21.8. The van der Waals surface area contributed by atoms with Gasteiger partial charge in [0.15, 0.2) is 11.5 Å². The van der Waals surface area contributed by atoms with E-state index >= 15 is 0 Å². The van der Waals surface area contributed by atoms with Crippen LogP contribution in [0.3, 0.4) is 0 Å². The topological polar surface area (TPSA) is 89.1 Å². The van der Waals surface area contributed by atoms with Crippen LogP contribution in [0.2, 0.25) is 0 Å². The van der Waals surface area contributed by atoms with E-state index in [-0.39, 0.29) is 44.8 Å². The van der Waals surface area contributed by atoms with E-state index in [1.807, 2.05) is 33.8 Å². The normalized spacial score (nSPS) is 15.0. The number of hydrogen-bond donors (Lipinski definition) is 2. The van der Waals surface area contributed by atoms with E-state index in [0.717, 1.165) is 12.0 Å². The van der Waals surface area contributed by atoms with Gasteiger partial charge in [0, 0.05) is 23.3 Å². The van der Waals surface area contributed by atoms with Gasteiger partial charge in [0.1, 0.15) is 33.7 Å². The molecular formula is C24H26O6. The molecule has 0 saturated heterocycles. The predicted octanol–water partition coefficient (Wildman–Crippen LogP) is 4.98. The molecule has 0 fully saturated rings. The van der Waals surface area contributed by atoms with E-state index < -0.39 is 0 Å². The van der Waals surface area contributed by atoms with Gasteiger partial charge >= 0.3 is 0 Å². The molecule has 0 radical (unpaired) electrons. The minimum absolute atomic E-state index is 0.103. The van der Waals surface area contributed by atoms with Crippen LogP contribution in [0.15, 0.2) is 33.0 Å². The summed E-state index contributed by atoms with van der Waals surface area (Å²) in [7, 11) is 1.45. The average molecular weight is 410 g/mol. The molecule has 2 N–H and O–H groups in total. The van der Waals surface area contributed by atoms with Crippen molar-refractivity contribution < 1.29 is 24.1 Å². The van der Waals surface area contributed by atoms with Crippen molar-refractivity contribution in [2.75, 3.05) is 7.11 Å². The Bertz CT molecular complexity index is 1260. The van der Waals surface area contributed by atoms with Crippen molar-refractivity contribution in [1.82, 2.24) is 0 Å². The van der Waals surface area contributed by atoms with Crippen LogP contribution in [0, 0.1) is 0 Å². The van der Waals surface area contributed by atoms with E-state index in [9.17, 15) is 15.0 Å². The number of rotatable bonds is 3. The van der Waals surface area contributed by atoms with Gasteiger partial charge in [-0.05, 0) is 47.0 Å². The Kier molecular flexibility index (Phi) is 4.68. The molecular weight excluding hydrogens is 384 g/mol. The molecule has 0 unspecified atom stereocenters. The number of aromatic hydroxyl groups is 2. The fourth-order valence-electron chi connectivity index (χ4n) is 4.05. The summed E-state index contributed by atoms with van der Waals surface area (Å²) in [6.07, 6.45) is 3.66. The summed E-state index contributed by atoms with van der Waals surface area (Å²) in [5, 5.41) is 21.8. The smallest absolute Gasteiger partial charge is 0.204 e. The second-order valence-electron chi connectivity index (χ2n) is 8.63. The Morgan fingerprint density at radius 3 is 2.57 bits per heavy atom. The Balaban J connectivity index is 2.10. The third-order valence-corrected chi connectivity index (χ3v) is 5.61. The van der Waals surface area contributed by atoms with Gasteiger partial charge in [-0.3, -0.25) is 4.79 Å². The lowest BCUT2D eigenvalue weighted by Crippen LogP contribution is -2.32. The van der Waals surface area contributed by atoms with Gasteiger partial charge in [0.05, 0.1) is 12.5 Å². The second kappa shape index (κ2) is 6.97. The molecule has 2 aromatic carbocycles. The van der Waals surface area contributed by atoms with Crippen molar-refractivity contribution in [1.29, 1.82) is 0 Å². The van der Waals surface area contributed by atoms with Crippen molar-refractivity contribution >= 4 is 21.9 Å². The Morgan fingerprint density at radius 2 is 1.90 bits per heavy atom. The highest BCUT2D eigenvalue weighted by molar-refractivity contribution is 5.97. The van der Waals surface area contributed by atoms with E-state index in [2.05, 4.69) is 0 Å². The monoisotopic (exact) mass is 410 g/mol. The fraction of sp³-hybridized carbons (Fsp3) is 0.375. The van der Waals surface area contributed by atoms with Gasteiger partial charge in [0.2, 0.25) is 5.43 Å². The Hall–Kier alpha value is -3.15. The highest BCUT2D eigenvalue weighted by Crippen LogP contribution is 2.44. The van der Waals surface area contributed by atoms with Gasteiger partial charge in [-0.25, -0.2) is 0 Å². The molecule has 2 heterocycles. The van der Waals surface area contributed by atoms with E-state index in [1.54, 1.807) is 6.07 Å². The van der Waals surface area contributed by atoms with Crippen LogP contribution >= 0.6 is 0 Å². The molecule has 4 rings (SSSR count). The van der Waals surface area contributed by atoms with Crippen LogP contribution in [0.1, 0.15) is 45.2 Å². The van der Waals surface area contributed by atoms with Gasteiger partial charge < -0.3 is 24.1 Å². The van der Waals surface area contributed by atoms with Crippen molar-refractivity contribution in [3.05, 3.63) is 45.1 Å². The predicted molar refractivity (Wildman–Crippen MR) is 116 cm³/mol. The standard InChI is InChI=1S/C24H26O6/c1-12(2)6-7-14-19-17(10-15(25)23(14)28-5)29-18-11-16-13(8-9-24(3,4)30-16)21(26)20(18)22(19)27/h6,10-11,25-26H,7-9H2,1-5H3. The van der Waals surface area contributed by atoms with Crippen molar-refractivity contribution in [2.24, 2.45) is 0 Å². The lowest BCUT2D eigenvalue weighted by molar-refractivity contribution is 0.0839. The number of hydrogen-bond acceptors (Lipinski definition) is 6. The first-order valence-electron chi connectivity index (χ1n) is 9.99. The van der Waals surface area contributed by atoms with Crippen molar-refractivity contribution in [3.8, 4) is 23.0 Å². The van der Waals surface area contributed by atoms with E-state index in [1.165, 1.54) is 13.2 Å². The molecule has 30 heavy (non-hydrogen) atoms. The minimum atomic E-state index is -0.368. The van der Waals surface area contributed by atoms with E-state index in [0.29, 0.717) is 35.1 Å². The first-order valence-corrected chi connectivity index (χ1v) is 9.99. The first kappa shape index (κ1) is 20.1. The summed E-state index contributed by atoms with van der Waals surface area (Å²) in [5.41, 5.74) is 1.94. The summed E-state index contributed by atoms with van der Waals surface area (Å²) < 4.78 is 17.4. The SMILES string of the molecule is COc1c(O)cc2oc3cc4c(c(O)c3c(=O)c2c1CC=C(C)C)CCC(C)(C)O4. The molecule has 0 aliphatic carbocycles. The second-order valence-corrected chi connectivity index (χ2v) is 8.63. The summed E-state index contributed by atoms with van der Waals surface area (Å²) in [6.45, 7) is 7.87. The van der Waals surface area contributed by atoms with Crippen LogP contribution in [0.4, 0.5) is 0 Å². The van der Waals surface area contributed by atoms with Gasteiger partial charge in [0.25, 0.3) is 0 Å². The number of ether oxygens (including phenoxy) is 2. The third-order valence-electron chi connectivity index (χ3n) is 5.61. The van der Waals surface area contributed by atoms with Crippen LogP contribution in [0.25, 0.3) is 21.9 Å². The minimum Gasteiger partial charge on any atom is -0.507 e. The molecule has 0 bridgehead atoms. The molecule has 6 heteroatoms. The Morgan fingerprint density at radius 1 is 1.20 bits per heavy atom. The molecule has 0 saturated carbocycles. The van der Waals surface area contributed by atoms with Gasteiger partial charge in [-0.1, -0.05) is 11.6 Å². The van der Waals surface area contributed by atoms with Crippen LogP contribution in [-0.4, -0.2) is 22.9 Å². The molecule has 1 aliphatic rings. The first-order chi connectivity index (χ1) is 14.1. The summed E-state index contributed by atoms with van der Waals surface area (Å²) in [4.78, 5) is 13.5. The molecule has 158 valence electrons. The van der Waals surface area contributed by atoms with Crippen LogP contribution in [0.5, 0.6) is 23.0 Å².